The SMILES string of the molecule is CN1CCc2cc(NC(=O)C3CCn4ccnc4C3)ccc21. The number of likely N-dealkylation sites (N-methyl/N-ethyl adjacent to an activating group) is 1. The molecule has 22 heavy (non-hydrogen) atoms. The van der Waals surface area contributed by atoms with Gasteiger partial charge in [0.1, 0.15) is 5.82 Å². The monoisotopic (exact) mass is 296 g/mol. The van der Waals surface area contributed by atoms with E-state index in [1.165, 1.54) is 11.3 Å². The third kappa shape index (κ3) is 2.26. The van der Waals surface area contributed by atoms with Gasteiger partial charge in [0, 0.05) is 56.2 Å². The quantitative estimate of drug-likeness (QED) is 0.923. The number of amides is 1. The summed E-state index contributed by atoms with van der Waals surface area (Å²) in [6.45, 7) is 1.93. The Kier molecular flexibility index (Phi) is 3.13. The van der Waals surface area contributed by atoms with Gasteiger partial charge in [0.15, 0.2) is 0 Å². The number of aryl methyl sites for hydroxylation is 1. The maximum absolute atomic E-state index is 12.5. The van der Waals surface area contributed by atoms with Gasteiger partial charge in [0.05, 0.1) is 0 Å². The molecule has 0 bridgehead atoms. The van der Waals surface area contributed by atoms with Crippen LogP contribution in [0.25, 0.3) is 0 Å². The Labute approximate surface area is 130 Å². The molecule has 0 saturated heterocycles. The molecule has 2 aromatic rings. The van der Waals surface area contributed by atoms with Crippen LogP contribution in [-0.2, 0) is 24.2 Å². The molecule has 2 aliphatic rings. The Hall–Kier alpha value is -2.30. The van der Waals surface area contributed by atoms with E-state index in [-0.39, 0.29) is 11.8 Å². The van der Waals surface area contributed by atoms with E-state index >= 15 is 0 Å². The molecule has 1 unspecified atom stereocenters. The third-order valence-corrected chi connectivity index (χ3v) is 4.79. The van der Waals surface area contributed by atoms with E-state index in [1.54, 1.807) is 0 Å². The van der Waals surface area contributed by atoms with Gasteiger partial charge in [-0.25, -0.2) is 4.98 Å². The number of nitrogens with one attached hydrogen (secondary N) is 1. The van der Waals surface area contributed by atoms with Crippen LogP contribution in [0.1, 0.15) is 17.8 Å². The van der Waals surface area contributed by atoms with Crippen molar-refractivity contribution in [1.82, 2.24) is 9.55 Å². The molecule has 1 amide bonds. The Bertz CT molecular complexity index is 721. The lowest BCUT2D eigenvalue weighted by Crippen LogP contribution is -2.30. The molecule has 0 fully saturated rings. The van der Waals surface area contributed by atoms with Crippen LogP contribution in [0, 0.1) is 5.92 Å². The molecule has 3 heterocycles. The summed E-state index contributed by atoms with van der Waals surface area (Å²) in [4.78, 5) is 19.1. The maximum atomic E-state index is 12.5. The van der Waals surface area contributed by atoms with E-state index in [9.17, 15) is 4.79 Å². The highest BCUT2D eigenvalue weighted by Gasteiger charge is 2.25. The van der Waals surface area contributed by atoms with Crippen LogP contribution in [0.15, 0.2) is 30.6 Å². The van der Waals surface area contributed by atoms with Crippen molar-refractivity contribution in [2.75, 3.05) is 23.8 Å². The van der Waals surface area contributed by atoms with Crippen molar-refractivity contribution < 1.29 is 4.79 Å². The second-order valence-corrected chi connectivity index (χ2v) is 6.23. The van der Waals surface area contributed by atoms with Crippen LogP contribution in [0.2, 0.25) is 0 Å². The number of hydrogen-bond donors (Lipinski definition) is 1. The lowest BCUT2D eigenvalue weighted by atomic mass is 9.96. The van der Waals surface area contributed by atoms with Gasteiger partial charge in [0.2, 0.25) is 5.91 Å². The number of benzene rings is 1. The Morgan fingerprint density at radius 3 is 3.18 bits per heavy atom. The van der Waals surface area contributed by atoms with Gasteiger partial charge >= 0.3 is 0 Å². The smallest absolute Gasteiger partial charge is 0.228 e. The van der Waals surface area contributed by atoms with Crippen LogP contribution >= 0.6 is 0 Å². The first-order valence-electron chi connectivity index (χ1n) is 7.85. The van der Waals surface area contributed by atoms with E-state index < -0.39 is 0 Å². The minimum atomic E-state index is 0.0193. The molecule has 0 saturated carbocycles. The highest BCUT2D eigenvalue weighted by atomic mass is 16.1. The number of imidazole rings is 1. The number of rotatable bonds is 2. The molecule has 0 radical (unpaired) electrons. The zero-order chi connectivity index (χ0) is 15.1. The first-order valence-corrected chi connectivity index (χ1v) is 7.85. The summed E-state index contributed by atoms with van der Waals surface area (Å²) in [5.41, 5.74) is 3.50. The lowest BCUT2D eigenvalue weighted by Gasteiger charge is -2.22. The number of fused-ring (bicyclic) bond motifs is 2. The summed E-state index contributed by atoms with van der Waals surface area (Å²) in [6.07, 6.45) is 6.46. The summed E-state index contributed by atoms with van der Waals surface area (Å²) in [6, 6.07) is 6.22. The number of hydrogen-bond acceptors (Lipinski definition) is 3. The average Bonchev–Trinajstić information content (AvgIpc) is 3.13. The Morgan fingerprint density at radius 1 is 1.36 bits per heavy atom. The zero-order valence-electron chi connectivity index (χ0n) is 12.7. The molecule has 1 aromatic heterocycles. The van der Waals surface area contributed by atoms with E-state index in [1.807, 2.05) is 18.5 Å². The molecular formula is C17H20N4O. The summed E-state index contributed by atoms with van der Waals surface area (Å²) in [5.74, 6) is 1.15. The fraction of sp³-hybridized carbons (Fsp3) is 0.412. The van der Waals surface area contributed by atoms with Crippen LogP contribution in [0.3, 0.4) is 0 Å². The molecular weight excluding hydrogens is 276 g/mol. The fourth-order valence-corrected chi connectivity index (χ4v) is 3.46. The van der Waals surface area contributed by atoms with Gasteiger partial charge in [-0.3, -0.25) is 4.79 Å². The molecule has 1 N–H and O–H groups in total. The van der Waals surface area contributed by atoms with Gasteiger partial charge in [-0.05, 0) is 36.6 Å². The van der Waals surface area contributed by atoms with Crippen molar-refractivity contribution in [1.29, 1.82) is 0 Å². The van der Waals surface area contributed by atoms with Crippen LogP contribution in [0.5, 0.6) is 0 Å². The van der Waals surface area contributed by atoms with Crippen molar-refractivity contribution in [2.45, 2.75) is 25.8 Å². The molecule has 114 valence electrons. The summed E-state index contributed by atoms with van der Waals surface area (Å²) in [7, 11) is 2.11. The Balaban J connectivity index is 1.47. The van der Waals surface area contributed by atoms with Gasteiger partial charge in [-0.2, -0.15) is 0 Å². The molecule has 0 aliphatic carbocycles. The first-order chi connectivity index (χ1) is 10.7. The molecule has 1 aromatic carbocycles. The van der Waals surface area contributed by atoms with Gasteiger partial charge in [0.25, 0.3) is 0 Å². The molecule has 0 spiro atoms. The molecule has 5 nitrogen and oxygen atoms in total. The number of carbonyl (C=O) groups excluding carboxylic acids is 1. The lowest BCUT2D eigenvalue weighted by molar-refractivity contribution is -0.120. The number of carbonyl (C=O) groups is 1. The Morgan fingerprint density at radius 2 is 2.27 bits per heavy atom. The maximum Gasteiger partial charge on any atom is 0.228 e. The van der Waals surface area contributed by atoms with Crippen LogP contribution < -0.4 is 10.2 Å². The van der Waals surface area contributed by atoms with Crippen molar-refractivity contribution in [3.05, 3.63) is 42.0 Å². The van der Waals surface area contributed by atoms with Crippen LogP contribution in [0.4, 0.5) is 11.4 Å². The fourth-order valence-electron chi connectivity index (χ4n) is 3.46. The van der Waals surface area contributed by atoms with E-state index in [2.05, 4.69) is 38.9 Å². The second-order valence-electron chi connectivity index (χ2n) is 6.23. The largest absolute Gasteiger partial charge is 0.374 e. The number of nitrogens with zero attached hydrogens (tertiary/aromatic N) is 3. The molecule has 5 heteroatoms. The first kappa shape index (κ1) is 13.4. The van der Waals surface area contributed by atoms with Crippen molar-refractivity contribution >= 4 is 17.3 Å². The minimum absolute atomic E-state index is 0.0193. The van der Waals surface area contributed by atoms with Crippen molar-refractivity contribution in [3.8, 4) is 0 Å². The zero-order valence-corrected chi connectivity index (χ0v) is 12.7. The van der Waals surface area contributed by atoms with E-state index in [0.29, 0.717) is 0 Å². The second kappa shape index (κ2) is 5.16. The molecule has 2 aliphatic heterocycles. The van der Waals surface area contributed by atoms with E-state index in [4.69, 9.17) is 0 Å². The minimum Gasteiger partial charge on any atom is -0.374 e. The highest BCUT2D eigenvalue weighted by Crippen LogP contribution is 2.29. The standard InChI is InChI=1S/C17H20N4O/c1-20-7-4-12-10-14(2-3-15(12)20)19-17(22)13-5-8-21-9-6-18-16(21)11-13/h2-3,6,9-10,13H,4-5,7-8,11H2,1H3,(H,19,22). The van der Waals surface area contributed by atoms with Crippen molar-refractivity contribution in [2.24, 2.45) is 5.92 Å². The predicted octanol–water partition coefficient (Wildman–Crippen LogP) is 2.08. The van der Waals surface area contributed by atoms with Gasteiger partial charge in [-0.1, -0.05) is 0 Å². The predicted molar refractivity (Wildman–Crippen MR) is 86.1 cm³/mol. The summed E-state index contributed by atoms with van der Waals surface area (Å²) in [5, 5.41) is 3.08. The van der Waals surface area contributed by atoms with Gasteiger partial charge < -0.3 is 14.8 Å². The normalized spacial score (nSPS) is 19.7. The van der Waals surface area contributed by atoms with E-state index in [0.717, 1.165) is 43.9 Å². The number of aromatic nitrogens is 2. The van der Waals surface area contributed by atoms with Crippen molar-refractivity contribution in [3.63, 3.8) is 0 Å². The molecule has 4 rings (SSSR count). The van der Waals surface area contributed by atoms with Gasteiger partial charge in [-0.15, -0.1) is 0 Å². The topological polar surface area (TPSA) is 50.2 Å². The molecule has 1 atom stereocenters. The van der Waals surface area contributed by atoms with Crippen LogP contribution in [-0.4, -0.2) is 29.1 Å². The highest BCUT2D eigenvalue weighted by molar-refractivity contribution is 5.93. The summed E-state index contributed by atoms with van der Waals surface area (Å²) >= 11 is 0. The number of anilines is 2. The average molecular weight is 296 g/mol. The summed E-state index contributed by atoms with van der Waals surface area (Å²) < 4.78 is 2.13. The third-order valence-electron chi connectivity index (χ3n) is 4.79.